The van der Waals surface area contributed by atoms with Crippen LogP contribution in [0.5, 0.6) is 0 Å². The van der Waals surface area contributed by atoms with E-state index in [1.54, 1.807) is 17.0 Å². The largest absolute Gasteiger partial charge is 0.481 e. The Morgan fingerprint density at radius 3 is 2.42 bits per heavy atom. The van der Waals surface area contributed by atoms with E-state index in [0.717, 1.165) is 5.56 Å². The van der Waals surface area contributed by atoms with Crippen LogP contribution < -0.4 is 0 Å². The van der Waals surface area contributed by atoms with Crippen molar-refractivity contribution in [3.8, 4) is 0 Å². The van der Waals surface area contributed by atoms with Crippen molar-refractivity contribution in [2.75, 3.05) is 6.54 Å². The summed E-state index contributed by atoms with van der Waals surface area (Å²) in [5.74, 6) is -2.52. The van der Waals surface area contributed by atoms with E-state index in [1.165, 1.54) is 12.1 Å². The van der Waals surface area contributed by atoms with Crippen LogP contribution in [0, 0.1) is 11.7 Å². The maximum absolute atomic E-state index is 13.1. The molecule has 1 heterocycles. The topological polar surface area (TPSA) is 57.6 Å². The molecule has 124 valence electrons. The van der Waals surface area contributed by atoms with Gasteiger partial charge >= 0.3 is 5.97 Å². The number of piperidine rings is 1. The molecule has 0 unspecified atom stereocenters. The van der Waals surface area contributed by atoms with Gasteiger partial charge in [-0.3, -0.25) is 9.59 Å². The molecule has 1 fully saturated rings. The van der Waals surface area contributed by atoms with Crippen LogP contribution in [0.2, 0.25) is 0 Å². The van der Waals surface area contributed by atoms with Gasteiger partial charge in [-0.25, -0.2) is 4.39 Å². The Kier molecular flexibility index (Phi) is 4.60. The van der Waals surface area contributed by atoms with Crippen LogP contribution in [0.25, 0.3) is 0 Å². The van der Waals surface area contributed by atoms with Gasteiger partial charge in [0.1, 0.15) is 5.82 Å². The Hall–Kier alpha value is -2.69. The molecule has 0 bridgehead atoms. The van der Waals surface area contributed by atoms with Crippen molar-refractivity contribution in [2.24, 2.45) is 5.92 Å². The second-order valence-corrected chi connectivity index (χ2v) is 6.07. The first kappa shape index (κ1) is 16.2. The van der Waals surface area contributed by atoms with Crippen LogP contribution in [0.15, 0.2) is 54.6 Å². The number of carbonyl (C=O) groups is 2. The molecule has 1 aliphatic rings. The van der Waals surface area contributed by atoms with Crippen LogP contribution in [-0.2, 0) is 16.1 Å². The highest BCUT2D eigenvalue weighted by Crippen LogP contribution is 2.34. The van der Waals surface area contributed by atoms with Gasteiger partial charge in [-0.15, -0.1) is 0 Å². The summed E-state index contributed by atoms with van der Waals surface area (Å²) in [6.45, 7) is 0.560. The summed E-state index contributed by atoms with van der Waals surface area (Å²) in [5.41, 5.74) is 1.66. The summed E-state index contributed by atoms with van der Waals surface area (Å²) in [6, 6.07) is 15.2. The summed E-state index contributed by atoms with van der Waals surface area (Å²) in [5, 5.41) is 9.58. The quantitative estimate of drug-likeness (QED) is 0.939. The van der Waals surface area contributed by atoms with Crippen molar-refractivity contribution in [1.82, 2.24) is 4.90 Å². The number of carboxylic acids is 1. The number of hydrogen-bond acceptors (Lipinski definition) is 2. The molecular weight excluding hydrogens is 309 g/mol. The van der Waals surface area contributed by atoms with E-state index in [2.05, 4.69) is 0 Å². The van der Waals surface area contributed by atoms with Crippen molar-refractivity contribution < 1.29 is 19.1 Å². The molecule has 2 aromatic rings. The molecule has 0 spiro atoms. The standard InChI is InChI=1S/C19H18FNO3/c20-15-8-6-14(7-9-15)16-10-18(22)21(12-17(16)19(23)24)11-13-4-2-1-3-5-13/h1-9,16-17H,10-12H2,(H,23,24)/t16-,17+/m1/s1. The number of rotatable bonds is 4. The molecule has 0 aromatic heterocycles. The molecule has 0 saturated carbocycles. The summed E-state index contributed by atoms with van der Waals surface area (Å²) >= 11 is 0. The van der Waals surface area contributed by atoms with Gasteiger partial charge in [-0.05, 0) is 23.3 Å². The average molecular weight is 327 g/mol. The number of likely N-dealkylation sites (tertiary alicyclic amines) is 1. The maximum Gasteiger partial charge on any atom is 0.308 e. The van der Waals surface area contributed by atoms with E-state index in [1.807, 2.05) is 30.3 Å². The third kappa shape index (κ3) is 3.45. The third-order valence-corrected chi connectivity index (χ3v) is 4.48. The van der Waals surface area contributed by atoms with Crippen molar-refractivity contribution in [3.63, 3.8) is 0 Å². The highest BCUT2D eigenvalue weighted by Gasteiger charge is 2.39. The lowest BCUT2D eigenvalue weighted by Gasteiger charge is -2.36. The normalized spacial score (nSPS) is 20.9. The molecular formula is C19H18FNO3. The number of halogens is 1. The van der Waals surface area contributed by atoms with Crippen molar-refractivity contribution in [3.05, 3.63) is 71.5 Å². The second-order valence-electron chi connectivity index (χ2n) is 6.07. The Labute approximate surface area is 139 Å². The first-order valence-corrected chi connectivity index (χ1v) is 7.84. The van der Waals surface area contributed by atoms with Gasteiger partial charge in [0.2, 0.25) is 5.91 Å². The van der Waals surface area contributed by atoms with Gasteiger partial charge in [0.15, 0.2) is 0 Å². The zero-order valence-electron chi connectivity index (χ0n) is 13.1. The van der Waals surface area contributed by atoms with Gasteiger partial charge in [0, 0.05) is 25.4 Å². The SMILES string of the molecule is O=C(O)[C@H]1CN(Cc2ccccc2)C(=O)C[C@@H]1c1ccc(F)cc1. The van der Waals surface area contributed by atoms with E-state index in [0.29, 0.717) is 12.1 Å². The second kappa shape index (κ2) is 6.83. The lowest BCUT2D eigenvalue weighted by atomic mass is 9.80. The van der Waals surface area contributed by atoms with Crippen molar-refractivity contribution in [1.29, 1.82) is 0 Å². The molecule has 24 heavy (non-hydrogen) atoms. The number of benzene rings is 2. The minimum absolute atomic E-state index is 0.0781. The van der Waals surface area contributed by atoms with E-state index < -0.39 is 17.8 Å². The van der Waals surface area contributed by atoms with E-state index >= 15 is 0 Å². The Balaban J connectivity index is 1.81. The van der Waals surface area contributed by atoms with Gasteiger partial charge < -0.3 is 10.0 Å². The number of amides is 1. The van der Waals surface area contributed by atoms with Gasteiger partial charge in [0.25, 0.3) is 0 Å². The third-order valence-electron chi connectivity index (χ3n) is 4.48. The highest BCUT2D eigenvalue weighted by atomic mass is 19.1. The molecule has 0 radical (unpaired) electrons. The van der Waals surface area contributed by atoms with Crippen LogP contribution >= 0.6 is 0 Å². The van der Waals surface area contributed by atoms with Crippen LogP contribution in [0.4, 0.5) is 4.39 Å². The number of aliphatic carboxylic acids is 1. The van der Waals surface area contributed by atoms with E-state index in [-0.39, 0.29) is 24.7 Å². The minimum atomic E-state index is -0.935. The summed E-state index contributed by atoms with van der Waals surface area (Å²) < 4.78 is 13.1. The highest BCUT2D eigenvalue weighted by molar-refractivity contribution is 5.82. The minimum Gasteiger partial charge on any atom is -0.481 e. The fraction of sp³-hybridized carbons (Fsp3) is 0.263. The van der Waals surface area contributed by atoms with Gasteiger partial charge in [-0.1, -0.05) is 42.5 Å². The number of carboxylic acid groups (broad SMARTS) is 1. The monoisotopic (exact) mass is 327 g/mol. The van der Waals surface area contributed by atoms with Crippen molar-refractivity contribution in [2.45, 2.75) is 18.9 Å². The molecule has 0 aliphatic carbocycles. The van der Waals surface area contributed by atoms with Crippen LogP contribution in [0.3, 0.4) is 0 Å². The molecule has 1 saturated heterocycles. The van der Waals surface area contributed by atoms with E-state index in [9.17, 15) is 19.1 Å². The first-order chi connectivity index (χ1) is 11.5. The molecule has 1 aliphatic heterocycles. The summed E-state index contributed by atoms with van der Waals surface area (Å²) in [6.07, 6.45) is 0.120. The number of nitrogens with zero attached hydrogens (tertiary/aromatic N) is 1. The Morgan fingerprint density at radius 2 is 1.79 bits per heavy atom. The smallest absolute Gasteiger partial charge is 0.308 e. The summed E-state index contributed by atoms with van der Waals surface area (Å²) in [4.78, 5) is 25.8. The first-order valence-electron chi connectivity index (χ1n) is 7.84. The van der Waals surface area contributed by atoms with Gasteiger partial charge in [-0.2, -0.15) is 0 Å². The lowest BCUT2D eigenvalue weighted by molar-refractivity contribution is -0.149. The molecule has 1 amide bonds. The molecule has 4 nitrogen and oxygen atoms in total. The molecule has 5 heteroatoms. The molecule has 3 rings (SSSR count). The van der Waals surface area contributed by atoms with Crippen LogP contribution in [-0.4, -0.2) is 28.4 Å². The predicted octanol–water partition coefficient (Wildman–Crippen LogP) is 3.04. The molecule has 2 aromatic carbocycles. The zero-order valence-corrected chi connectivity index (χ0v) is 13.1. The number of carbonyl (C=O) groups excluding carboxylic acids is 1. The van der Waals surface area contributed by atoms with Crippen molar-refractivity contribution >= 4 is 11.9 Å². The molecule has 1 N–H and O–H groups in total. The number of hydrogen-bond donors (Lipinski definition) is 1. The van der Waals surface area contributed by atoms with Crippen LogP contribution in [0.1, 0.15) is 23.5 Å². The van der Waals surface area contributed by atoms with Gasteiger partial charge in [0.05, 0.1) is 5.92 Å². The predicted molar refractivity (Wildman–Crippen MR) is 86.7 cm³/mol. The maximum atomic E-state index is 13.1. The Morgan fingerprint density at radius 1 is 1.12 bits per heavy atom. The average Bonchev–Trinajstić information content (AvgIpc) is 2.58. The van der Waals surface area contributed by atoms with E-state index in [4.69, 9.17) is 0 Å². The fourth-order valence-electron chi connectivity index (χ4n) is 3.19. The fourth-order valence-corrected chi connectivity index (χ4v) is 3.19. The zero-order chi connectivity index (χ0) is 17.1. The summed E-state index contributed by atoms with van der Waals surface area (Å²) in [7, 11) is 0. The lowest BCUT2D eigenvalue weighted by Crippen LogP contribution is -2.45. The molecule has 2 atom stereocenters. The Bertz CT molecular complexity index is 730.